The molecule has 0 aliphatic carbocycles. The Morgan fingerprint density at radius 1 is 1.33 bits per heavy atom. The van der Waals surface area contributed by atoms with Crippen LogP contribution in [0.25, 0.3) is 0 Å². The second kappa shape index (κ2) is 5.83. The monoisotopic (exact) mass is 388 g/mol. The highest BCUT2D eigenvalue weighted by Crippen LogP contribution is 2.32. The van der Waals surface area contributed by atoms with Crippen LogP contribution in [-0.2, 0) is 6.54 Å². The van der Waals surface area contributed by atoms with Crippen molar-refractivity contribution in [2.45, 2.75) is 6.54 Å². The van der Waals surface area contributed by atoms with Crippen LogP contribution in [0.5, 0.6) is 0 Å². The zero-order valence-electron chi connectivity index (χ0n) is 9.01. The van der Waals surface area contributed by atoms with Crippen LogP contribution in [0.2, 0.25) is 0 Å². The van der Waals surface area contributed by atoms with Gasteiger partial charge in [0.2, 0.25) is 0 Å². The van der Waals surface area contributed by atoms with Gasteiger partial charge in [0.25, 0.3) is 0 Å². The molecular formula is C12H7Br2FN2S. The molecule has 0 bridgehead atoms. The van der Waals surface area contributed by atoms with Gasteiger partial charge >= 0.3 is 0 Å². The van der Waals surface area contributed by atoms with E-state index < -0.39 is 5.82 Å². The minimum Gasteiger partial charge on any atom is -0.379 e. The molecule has 0 radical (unpaired) electrons. The molecule has 0 saturated carbocycles. The maximum atomic E-state index is 13.0. The Hall–Kier alpha value is -0.900. The lowest BCUT2D eigenvalue weighted by atomic mass is 10.2. The maximum absolute atomic E-state index is 13.0. The number of hydrogen-bond donors (Lipinski definition) is 1. The van der Waals surface area contributed by atoms with Crippen molar-refractivity contribution in [3.05, 3.63) is 48.8 Å². The van der Waals surface area contributed by atoms with E-state index in [0.29, 0.717) is 17.8 Å². The smallest absolute Gasteiger partial charge is 0.124 e. The standard InChI is InChI=1S/C12H7Br2FN2S/c13-10-4-9(18-12(10)14)6-17-11-2-1-8(15)3-7(11)5-16/h1-4,17H,6H2. The number of nitriles is 1. The number of nitrogens with one attached hydrogen (secondary N) is 1. The SMILES string of the molecule is N#Cc1cc(F)ccc1NCc1cc(Br)c(Br)s1. The average molecular weight is 390 g/mol. The van der Waals surface area contributed by atoms with Crippen molar-refractivity contribution in [3.63, 3.8) is 0 Å². The van der Waals surface area contributed by atoms with Crippen molar-refractivity contribution in [3.8, 4) is 6.07 Å². The van der Waals surface area contributed by atoms with Crippen molar-refractivity contribution < 1.29 is 4.39 Å². The summed E-state index contributed by atoms with van der Waals surface area (Å²) in [5.41, 5.74) is 0.948. The van der Waals surface area contributed by atoms with Crippen LogP contribution in [0, 0.1) is 17.1 Å². The molecule has 0 aliphatic rings. The number of nitrogens with zero attached hydrogens (tertiary/aromatic N) is 1. The molecule has 92 valence electrons. The van der Waals surface area contributed by atoms with E-state index >= 15 is 0 Å². The van der Waals surface area contributed by atoms with Crippen LogP contribution < -0.4 is 5.32 Å². The third-order valence-corrected chi connectivity index (χ3v) is 5.51. The Morgan fingerprint density at radius 3 is 2.72 bits per heavy atom. The highest BCUT2D eigenvalue weighted by atomic mass is 79.9. The largest absolute Gasteiger partial charge is 0.379 e. The molecule has 18 heavy (non-hydrogen) atoms. The van der Waals surface area contributed by atoms with E-state index in [2.05, 4.69) is 37.2 Å². The minimum absolute atomic E-state index is 0.310. The molecule has 2 rings (SSSR count). The van der Waals surface area contributed by atoms with E-state index in [-0.39, 0.29) is 0 Å². The first-order chi connectivity index (χ1) is 8.60. The topological polar surface area (TPSA) is 35.8 Å². The number of hydrogen-bond acceptors (Lipinski definition) is 3. The van der Waals surface area contributed by atoms with Gasteiger partial charge in [-0.05, 0) is 56.1 Å². The van der Waals surface area contributed by atoms with E-state index in [1.54, 1.807) is 17.4 Å². The third kappa shape index (κ3) is 3.10. The Kier molecular flexibility index (Phi) is 4.38. The summed E-state index contributed by atoms with van der Waals surface area (Å²) in [4.78, 5) is 1.11. The zero-order valence-corrected chi connectivity index (χ0v) is 13.0. The van der Waals surface area contributed by atoms with Gasteiger partial charge in [0.05, 0.1) is 15.0 Å². The predicted molar refractivity (Wildman–Crippen MR) is 78.2 cm³/mol. The van der Waals surface area contributed by atoms with E-state index in [1.165, 1.54) is 12.1 Å². The predicted octanol–water partition coefficient (Wildman–Crippen LogP) is 4.90. The Bertz CT molecular complexity index is 600. The van der Waals surface area contributed by atoms with Crippen molar-refractivity contribution in [1.82, 2.24) is 0 Å². The lowest BCUT2D eigenvalue weighted by Crippen LogP contribution is -1.99. The first-order valence-corrected chi connectivity index (χ1v) is 7.37. The van der Waals surface area contributed by atoms with Crippen LogP contribution in [0.3, 0.4) is 0 Å². The van der Waals surface area contributed by atoms with Crippen LogP contribution in [0.4, 0.5) is 10.1 Å². The van der Waals surface area contributed by atoms with E-state index in [0.717, 1.165) is 13.1 Å². The molecule has 0 aliphatic heterocycles. The third-order valence-electron chi connectivity index (χ3n) is 2.25. The van der Waals surface area contributed by atoms with Crippen molar-refractivity contribution in [2.75, 3.05) is 5.32 Å². The summed E-state index contributed by atoms with van der Waals surface area (Å²) in [7, 11) is 0. The minimum atomic E-state index is -0.404. The number of halogens is 3. The van der Waals surface area contributed by atoms with Gasteiger partial charge in [-0.25, -0.2) is 4.39 Å². The van der Waals surface area contributed by atoms with Gasteiger partial charge in [0.1, 0.15) is 11.9 Å². The van der Waals surface area contributed by atoms with E-state index in [9.17, 15) is 4.39 Å². The lowest BCUT2D eigenvalue weighted by Gasteiger charge is -2.06. The molecule has 0 atom stereocenters. The highest BCUT2D eigenvalue weighted by molar-refractivity contribution is 9.13. The van der Waals surface area contributed by atoms with Crippen molar-refractivity contribution >= 4 is 48.9 Å². The molecule has 0 spiro atoms. The molecule has 1 heterocycles. The Balaban J connectivity index is 2.13. The average Bonchev–Trinajstić information content (AvgIpc) is 2.67. The highest BCUT2D eigenvalue weighted by Gasteiger charge is 2.06. The first-order valence-electron chi connectivity index (χ1n) is 4.97. The summed E-state index contributed by atoms with van der Waals surface area (Å²) in [6, 6.07) is 8.11. The van der Waals surface area contributed by atoms with Gasteiger partial charge in [-0.2, -0.15) is 5.26 Å². The number of thiophene rings is 1. The number of rotatable bonds is 3. The Labute approximate surface area is 125 Å². The Morgan fingerprint density at radius 2 is 2.11 bits per heavy atom. The maximum Gasteiger partial charge on any atom is 0.124 e. The molecule has 6 heteroatoms. The van der Waals surface area contributed by atoms with Crippen molar-refractivity contribution in [2.24, 2.45) is 0 Å². The fourth-order valence-electron chi connectivity index (χ4n) is 1.42. The second-order valence-corrected chi connectivity index (χ2v) is 6.80. The fourth-order valence-corrected chi connectivity index (χ4v) is 3.54. The van der Waals surface area contributed by atoms with E-state index in [4.69, 9.17) is 5.26 Å². The fraction of sp³-hybridized carbons (Fsp3) is 0.0833. The second-order valence-electron chi connectivity index (χ2n) is 3.49. The summed E-state index contributed by atoms with van der Waals surface area (Å²) in [5, 5.41) is 12.0. The molecule has 0 saturated heterocycles. The molecule has 1 N–H and O–H groups in total. The normalized spacial score (nSPS) is 10.1. The van der Waals surface area contributed by atoms with Gasteiger partial charge in [-0.1, -0.05) is 0 Å². The summed E-state index contributed by atoms with van der Waals surface area (Å²) in [5.74, 6) is -0.404. The number of anilines is 1. The van der Waals surface area contributed by atoms with Crippen LogP contribution in [0.15, 0.2) is 32.5 Å². The van der Waals surface area contributed by atoms with Gasteiger partial charge in [-0.15, -0.1) is 11.3 Å². The molecule has 2 nitrogen and oxygen atoms in total. The first kappa shape index (κ1) is 13.5. The molecule has 0 amide bonds. The van der Waals surface area contributed by atoms with Gasteiger partial charge in [0.15, 0.2) is 0 Å². The van der Waals surface area contributed by atoms with Crippen LogP contribution >= 0.6 is 43.2 Å². The molecular weight excluding hydrogens is 383 g/mol. The van der Waals surface area contributed by atoms with Gasteiger partial charge in [0, 0.05) is 15.9 Å². The summed E-state index contributed by atoms with van der Waals surface area (Å²) in [6.45, 7) is 0.592. The zero-order chi connectivity index (χ0) is 13.1. The molecule has 1 aromatic heterocycles. The molecule has 2 aromatic rings. The van der Waals surface area contributed by atoms with Gasteiger partial charge < -0.3 is 5.32 Å². The molecule has 0 fully saturated rings. The summed E-state index contributed by atoms with van der Waals surface area (Å²) >= 11 is 8.44. The van der Waals surface area contributed by atoms with Crippen molar-refractivity contribution in [1.29, 1.82) is 5.26 Å². The quantitative estimate of drug-likeness (QED) is 0.810. The summed E-state index contributed by atoms with van der Waals surface area (Å²) < 4.78 is 15.0. The number of benzene rings is 1. The van der Waals surface area contributed by atoms with Crippen LogP contribution in [0.1, 0.15) is 10.4 Å². The van der Waals surface area contributed by atoms with Gasteiger partial charge in [-0.3, -0.25) is 0 Å². The van der Waals surface area contributed by atoms with Crippen LogP contribution in [-0.4, -0.2) is 0 Å². The molecule has 1 aromatic carbocycles. The molecule has 0 unspecified atom stereocenters. The van der Waals surface area contributed by atoms with E-state index in [1.807, 2.05) is 12.1 Å². The lowest BCUT2D eigenvalue weighted by molar-refractivity contribution is 0.627. The summed E-state index contributed by atoms with van der Waals surface area (Å²) in [6.07, 6.45) is 0.